The van der Waals surface area contributed by atoms with Crippen LogP contribution in [0.5, 0.6) is 0 Å². The highest BCUT2D eigenvalue weighted by atomic mass is 19.2. The lowest BCUT2D eigenvalue weighted by Crippen LogP contribution is -2.31. The minimum Gasteiger partial charge on any atom is -0.351 e. The average Bonchev–Trinajstić information content (AvgIpc) is 2.85. The molecule has 4 rings (SSSR count). The predicted octanol–water partition coefficient (Wildman–Crippen LogP) is 3.91. The summed E-state index contributed by atoms with van der Waals surface area (Å²) < 4.78 is 27.6. The molecule has 0 aliphatic heterocycles. The average molecular weight is 474 g/mol. The first-order valence-corrected chi connectivity index (χ1v) is 10.4. The second-order valence-electron chi connectivity index (χ2n) is 7.52. The molecule has 2 heterocycles. The molecule has 0 spiro atoms. The fourth-order valence-electron chi connectivity index (χ4n) is 3.44. The van der Waals surface area contributed by atoms with E-state index in [0.29, 0.717) is 22.4 Å². The zero-order valence-electron chi connectivity index (χ0n) is 18.3. The number of hydrogen-bond donors (Lipinski definition) is 4. The molecule has 2 amide bonds. The zero-order valence-corrected chi connectivity index (χ0v) is 18.3. The molecule has 0 aliphatic carbocycles. The Balaban J connectivity index is 1.56. The third-order valence-corrected chi connectivity index (χ3v) is 5.16. The largest absolute Gasteiger partial charge is 0.351 e. The Kier molecular flexibility index (Phi) is 6.63. The predicted molar refractivity (Wildman–Crippen MR) is 126 cm³/mol. The summed E-state index contributed by atoms with van der Waals surface area (Å²) in [6.07, 6.45) is 2.93. The highest BCUT2D eigenvalue weighted by Crippen LogP contribution is 2.24. The Bertz CT molecular complexity index is 1490. The summed E-state index contributed by atoms with van der Waals surface area (Å²) in [5, 5.41) is 14.0. The number of nitrogens with two attached hydrogens (primary N) is 1. The highest BCUT2D eigenvalue weighted by Gasteiger charge is 2.14. The van der Waals surface area contributed by atoms with Gasteiger partial charge in [-0.15, -0.1) is 0 Å². The third-order valence-electron chi connectivity index (χ3n) is 5.16. The normalized spacial score (nSPS) is 10.6. The maximum atomic E-state index is 13.4. The van der Waals surface area contributed by atoms with E-state index in [2.05, 4.69) is 15.6 Å². The van der Waals surface area contributed by atoms with Gasteiger partial charge in [0, 0.05) is 30.2 Å². The number of amides is 2. The number of carbonyl (C=O) groups excluding carboxylic acids is 2. The SMILES string of the molecule is N=c1c(-c2cccc(Nc3ncccc3C(=O)NCc3ccc(F)c(F)c3)c2)cccn1C(N)=O. The fraction of sp³-hybridized carbons (Fsp3) is 0.0400. The van der Waals surface area contributed by atoms with Gasteiger partial charge in [0.2, 0.25) is 0 Å². The Morgan fingerprint density at radius 3 is 2.60 bits per heavy atom. The Morgan fingerprint density at radius 1 is 1.00 bits per heavy atom. The van der Waals surface area contributed by atoms with Gasteiger partial charge in [0.1, 0.15) is 11.3 Å². The molecule has 0 saturated heterocycles. The van der Waals surface area contributed by atoms with Crippen molar-refractivity contribution in [3.63, 3.8) is 0 Å². The molecule has 0 bridgehead atoms. The lowest BCUT2D eigenvalue weighted by molar-refractivity contribution is 0.0951. The summed E-state index contributed by atoms with van der Waals surface area (Å²) in [5.41, 5.74) is 7.64. The van der Waals surface area contributed by atoms with Gasteiger partial charge in [-0.2, -0.15) is 0 Å². The molecule has 5 N–H and O–H groups in total. The molecule has 2 aromatic heterocycles. The second kappa shape index (κ2) is 9.96. The molecule has 176 valence electrons. The van der Waals surface area contributed by atoms with Crippen molar-refractivity contribution in [1.29, 1.82) is 5.41 Å². The molecule has 2 aromatic carbocycles. The van der Waals surface area contributed by atoms with Crippen LogP contribution in [0.15, 0.2) is 79.1 Å². The van der Waals surface area contributed by atoms with Crippen molar-refractivity contribution >= 4 is 23.4 Å². The summed E-state index contributed by atoms with van der Waals surface area (Å²) in [7, 11) is 0. The Morgan fingerprint density at radius 2 is 1.83 bits per heavy atom. The van der Waals surface area contributed by atoms with Crippen LogP contribution in [0.2, 0.25) is 0 Å². The number of aromatic nitrogens is 2. The van der Waals surface area contributed by atoms with Crippen LogP contribution < -0.4 is 21.9 Å². The van der Waals surface area contributed by atoms with Crippen molar-refractivity contribution in [3.05, 3.63) is 107 Å². The first kappa shape index (κ1) is 23.3. The Labute approximate surface area is 198 Å². The van der Waals surface area contributed by atoms with Gasteiger partial charge in [-0.25, -0.2) is 18.6 Å². The number of anilines is 2. The van der Waals surface area contributed by atoms with Crippen molar-refractivity contribution in [2.45, 2.75) is 6.54 Å². The summed E-state index contributed by atoms with van der Waals surface area (Å²) in [4.78, 5) is 28.6. The van der Waals surface area contributed by atoms with Crippen molar-refractivity contribution < 1.29 is 18.4 Å². The maximum absolute atomic E-state index is 13.4. The summed E-state index contributed by atoms with van der Waals surface area (Å²) in [6.45, 7) is -0.000000155. The number of nitrogens with zero attached hydrogens (tertiary/aromatic N) is 2. The van der Waals surface area contributed by atoms with Crippen LogP contribution >= 0.6 is 0 Å². The van der Waals surface area contributed by atoms with Crippen molar-refractivity contribution in [3.8, 4) is 11.1 Å². The minimum absolute atomic E-state index is 0.000000155. The second-order valence-corrected chi connectivity index (χ2v) is 7.52. The molecule has 0 radical (unpaired) electrons. The van der Waals surface area contributed by atoms with Crippen LogP contribution in [0.3, 0.4) is 0 Å². The molecule has 0 aliphatic rings. The summed E-state index contributed by atoms with van der Waals surface area (Å²) in [6, 6.07) is 16.2. The lowest BCUT2D eigenvalue weighted by Gasteiger charge is -2.13. The molecular weight excluding hydrogens is 454 g/mol. The van der Waals surface area contributed by atoms with E-state index in [0.717, 1.165) is 16.7 Å². The van der Waals surface area contributed by atoms with Crippen LogP contribution in [-0.4, -0.2) is 21.5 Å². The first-order valence-electron chi connectivity index (χ1n) is 10.4. The minimum atomic E-state index is -0.990. The first-order chi connectivity index (χ1) is 16.8. The fourth-order valence-corrected chi connectivity index (χ4v) is 3.44. The van der Waals surface area contributed by atoms with E-state index in [-0.39, 0.29) is 23.4 Å². The number of hydrogen-bond acceptors (Lipinski definition) is 5. The van der Waals surface area contributed by atoms with Gasteiger partial charge in [-0.1, -0.05) is 18.2 Å². The van der Waals surface area contributed by atoms with Crippen molar-refractivity contribution in [2.75, 3.05) is 5.32 Å². The van der Waals surface area contributed by atoms with Gasteiger partial charge in [0.25, 0.3) is 5.91 Å². The van der Waals surface area contributed by atoms with Gasteiger partial charge < -0.3 is 16.4 Å². The zero-order chi connectivity index (χ0) is 24.9. The van der Waals surface area contributed by atoms with Crippen LogP contribution in [0.25, 0.3) is 11.1 Å². The van der Waals surface area contributed by atoms with E-state index >= 15 is 0 Å². The smallest absolute Gasteiger partial charge is 0.324 e. The van der Waals surface area contributed by atoms with E-state index in [9.17, 15) is 18.4 Å². The quantitative estimate of drug-likeness (QED) is 0.338. The lowest BCUT2D eigenvalue weighted by atomic mass is 10.1. The Hall–Kier alpha value is -4.86. The highest BCUT2D eigenvalue weighted by molar-refractivity contribution is 5.99. The molecule has 0 unspecified atom stereocenters. The molecular formula is C25H20F2N6O2. The standard InChI is InChI=1S/C25H20F2N6O2/c26-20-9-8-15(12-21(20)27)14-31-24(34)19-6-2-10-30-23(19)32-17-5-1-4-16(13-17)18-7-3-11-33(22(18)28)25(29)35/h1-13,28H,14H2,(H2,29,35)(H,30,32)(H,31,34). The van der Waals surface area contributed by atoms with E-state index < -0.39 is 23.6 Å². The monoisotopic (exact) mass is 474 g/mol. The molecule has 0 atom stereocenters. The number of rotatable bonds is 6. The summed E-state index contributed by atoms with van der Waals surface area (Å²) >= 11 is 0. The van der Waals surface area contributed by atoms with Gasteiger partial charge in [0.15, 0.2) is 11.6 Å². The molecule has 35 heavy (non-hydrogen) atoms. The third kappa shape index (κ3) is 5.22. The van der Waals surface area contributed by atoms with E-state index in [1.807, 2.05) is 0 Å². The molecule has 0 fully saturated rings. The molecule has 10 heteroatoms. The van der Waals surface area contributed by atoms with E-state index in [1.165, 1.54) is 18.5 Å². The van der Waals surface area contributed by atoms with Gasteiger partial charge in [-0.3, -0.25) is 14.8 Å². The van der Waals surface area contributed by atoms with Gasteiger partial charge >= 0.3 is 6.03 Å². The van der Waals surface area contributed by atoms with Crippen LogP contribution in [0, 0.1) is 17.0 Å². The number of nitrogens with one attached hydrogen (secondary N) is 3. The number of carbonyl (C=O) groups is 2. The topological polar surface area (TPSA) is 126 Å². The van der Waals surface area contributed by atoms with E-state index in [1.54, 1.807) is 48.5 Å². The number of halogens is 2. The molecule has 8 nitrogen and oxygen atoms in total. The number of benzene rings is 2. The van der Waals surface area contributed by atoms with Crippen LogP contribution in [-0.2, 0) is 6.54 Å². The van der Waals surface area contributed by atoms with Gasteiger partial charge in [-0.05, 0) is 59.7 Å². The van der Waals surface area contributed by atoms with Gasteiger partial charge in [0.05, 0.1) is 5.56 Å². The number of pyridine rings is 2. The van der Waals surface area contributed by atoms with Crippen molar-refractivity contribution in [1.82, 2.24) is 14.9 Å². The molecule has 0 saturated carbocycles. The van der Waals surface area contributed by atoms with Crippen LogP contribution in [0.1, 0.15) is 15.9 Å². The van der Waals surface area contributed by atoms with E-state index in [4.69, 9.17) is 11.1 Å². The van der Waals surface area contributed by atoms with Crippen LogP contribution in [0.4, 0.5) is 25.1 Å². The maximum Gasteiger partial charge on any atom is 0.324 e. The summed E-state index contributed by atoms with van der Waals surface area (Å²) in [5.74, 6) is -2.13. The molecule has 4 aromatic rings. The van der Waals surface area contributed by atoms with Crippen molar-refractivity contribution in [2.24, 2.45) is 5.73 Å². The number of primary amides is 1.